The predicted octanol–water partition coefficient (Wildman–Crippen LogP) is 1.24. The number of ether oxygens (including phenoxy) is 2. The van der Waals surface area contributed by atoms with Crippen LogP contribution in [0.3, 0.4) is 0 Å². The molecular formula is C13H28N2O2. The molecule has 0 spiro atoms. The number of hydrogen-bond acceptors (Lipinski definition) is 4. The van der Waals surface area contributed by atoms with E-state index in [-0.39, 0.29) is 17.2 Å². The van der Waals surface area contributed by atoms with Gasteiger partial charge in [0.15, 0.2) is 0 Å². The summed E-state index contributed by atoms with van der Waals surface area (Å²) in [5, 5.41) is 0. The van der Waals surface area contributed by atoms with E-state index in [9.17, 15) is 0 Å². The van der Waals surface area contributed by atoms with Gasteiger partial charge in [0, 0.05) is 26.7 Å². The highest BCUT2D eigenvalue weighted by Gasteiger charge is 2.41. The molecule has 1 aliphatic heterocycles. The lowest BCUT2D eigenvalue weighted by Crippen LogP contribution is -2.64. The summed E-state index contributed by atoms with van der Waals surface area (Å²) < 4.78 is 11.3. The molecule has 0 radical (unpaired) electrons. The first-order chi connectivity index (χ1) is 7.89. The van der Waals surface area contributed by atoms with Crippen LogP contribution in [0, 0.1) is 0 Å². The van der Waals surface area contributed by atoms with Gasteiger partial charge in [-0.2, -0.15) is 0 Å². The van der Waals surface area contributed by atoms with Crippen LogP contribution in [0.2, 0.25) is 0 Å². The van der Waals surface area contributed by atoms with Crippen LogP contribution < -0.4 is 5.73 Å². The minimum Gasteiger partial charge on any atom is -0.383 e. The van der Waals surface area contributed by atoms with Gasteiger partial charge in [-0.1, -0.05) is 6.92 Å². The first-order valence-corrected chi connectivity index (χ1v) is 6.51. The van der Waals surface area contributed by atoms with E-state index in [1.54, 1.807) is 7.11 Å². The van der Waals surface area contributed by atoms with Crippen molar-refractivity contribution in [2.24, 2.45) is 5.73 Å². The minimum absolute atomic E-state index is 0.0515. The Balaban J connectivity index is 2.86. The number of morpholine rings is 1. The highest BCUT2D eigenvalue weighted by Crippen LogP contribution is 2.28. The van der Waals surface area contributed by atoms with E-state index in [0.29, 0.717) is 13.2 Å². The monoisotopic (exact) mass is 244 g/mol. The van der Waals surface area contributed by atoms with Gasteiger partial charge >= 0.3 is 0 Å². The molecule has 2 unspecified atom stereocenters. The standard InChI is InChI=1S/C13H28N2O2/c1-6-13(8-14,10-16-5)15-7-11(2)17-12(3,4)9-15/h11H,6-10,14H2,1-5H3. The van der Waals surface area contributed by atoms with Crippen molar-refractivity contribution in [1.29, 1.82) is 0 Å². The Morgan fingerprint density at radius 1 is 1.53 bits per heavy atom. The molecule has 0 aromatic heterocycles. The Kier molecular flexibility index (Phi) is 4.95. The van der Waals surface area contributed by atoms with Gasteiger partial charge in [-0.15, -0.1) is 0 Å². The van der Waals surface area contributed by atoms with E-state index >= 15 is 0 Å². The van der Waals surface area contributed by atoms with E-state index in [4.69, 9.17) is 15.2 Å². The van der Waals surface area contributed by atoms with Crippen molar-refractivity contribution < 1.29 is 9.47 Å². The summed E-state index contributed by atoms with van der Waals surface area (Å²) in [6.45, 7) is 11.7. The second-order valence-corrected chi connectivity index (χ2v) is 5.78. The molecule has 1 rings (SSSR count). The van der Waals surface area contributed by atoms with Crippen LogP contribution in [-0.4, -0.2) is 55.5 Å². The number of nitrogens with zero attached hydrogens (tertiary/aromatic N) is 1. The van der Waals surface area contributed by atoms with Gasteiger partial charge in [0.05, 0.1) is 23.9 Å². The van der Waals surface area contributed by atoms with E-state index in [1.165, 1.54) is 0 Å². The van der Waals surface area contributed by atoms with E-state index in [0.717, 1.165) is 19.5 Å². The quantitative estimate of drug-likeness (QED) is 0.790. The number of nitrogens with two attached hydrogens (primary N) is 1. The lowest BCUT2D eigenvalue weighted by molar-refractivity contribution is -0.160. The second kappa shape index (κ2) is 5.65. The Bertz CT molecular complexity index is 240. The summed E-state index contributed by atoms with van der Waals surface area (Å²) in [6.07, 6.45) is 1.24. The molecule has 0 aromatic carbocycles. The first kappa shape index (κ1) is 14.9. The van der Waals surface area contributed by atoms with Gasteiger partial charge in [-0.25, -0.2) is 0 Å². The third-order valence-corrected chi connectivity index (χ3v) is 3.69. The van der Waals surface area contributed by atoms with Gasteiger partial charge in [0.1, 0.15) is 0 Å². The van der Waals surface area contributed by atoms with E-state index in [2.05, 4.69) is 32.6 Å². The summed E-state index contributed by atoms with van der Waals surface area (Å²) in [6, 6.07) is 0. The molecule has 1 saturated heterocycles. The van der Waals surface area contributed by atoms with Gasteiger partial charge in [0.25, 0.3) is 0 Å². The van der Waals surface area contributed by atoms with Gasteiger partial charge in [0.2, 0.25) is 0 Å². The highest BCUT2D eigenvalue weighted by molar-refractivity contribution is 4.96. The van der Waals surface area contributed by atoms with Crippen molar-refractivity contribution in [3.8, 4) is 0 Å². The van der Waals surface area contributed by atoms with Crippen molar-refractivity contribution in [3.05, 3.63) is 0 Å². The summed E-state index contributed by atoms with van der Waals surface area (Å²) in [4.78, 5) is 2.45. The van der Waals surface area contributed by atoms with Gasteiger partial charge in [-0.05, 0) is 27.2 Å². The smallest absolute Gasteiger partial charge is 0.0757 e. The largest absolute Gasteiger partial charge is 0.383 e. The molecule has 4 heteroatoms. The molecule has 102 valence electrons. The fourth-order valence-electron chi connectivity index (χ4n) is 2.83. The second-order valence-electron chi connectivity index (χ2n) is 5.78. The Hall–Kier alpha value is -0.160. The summed E-state index contributed by atoms with van der Waals surface area (Å²) in [7, 11) is 1.75. The van der Waals surface area contributed by atoms with Crippen LogP contribution in [0.15, 0.2) is 0 Å². The van der Waals surface area contributed by atoms with Crippen LogP contribution >= 0.6 is 0 Å². The van der Waals surface area contributed by atoms with Crippen LogP contribution in [0.5, 0.6) is 0 Å². The maximum atomic E-state index is 6.01. The van der Waals surface area contributed by atoms with Crippen LogP contribution in [0.1, 0.15) is 34.1 Å². The maximum absolute atomic E-state index is 6.01. The zero-order valence-electron chi connectivity index (χ0n) is 12.0. The Morgan fingerprint density at radius 3 is 2.59 bits per heavy atom. The minimum atomic E-state index is -0.110. The lowest BCUT2D eigenvalue weighted by atomic mass is 9.91. The van der Waals surface area contributed by atoms with Crippen molar-refractivity contribution >= 4 is 0 Å². The molecule has 0 saturated carbocycles. The summed E-state index contributed by atoms with van der Waals surface area (Å²) in [5.74, 6) is 0. The predicted molar refractivity (Wildman–Crippen MR) is 70.2 cm³/mol. The normalized spacial score (nSPS) is 28.9. The number of methoxy groups -OCH3 is 1. The average molecular weight is 244 g/mol. The highest BCUT2D eigenvalue weighted by atomic mass is 16.5. The average Bonchev–Trinajstić information content (AvgIpc) is 2.23. The van der Waals surface area contributed by atoms with Crippen LogP contribution in [0.4, 0.5) is 0 Å². The number of hydrogen-bond donors (Lipinski definition) is 1. The molecule has 2 atom stereocenters. The van der Waals surface area contributed by atoms with Crippen LogP contribution in [-0.2, 0) is 9.47 Å². The molecule has 2 N–H and O–H groups in total. The van der Waals surface area contributed by atoms with Crippen molar-refractivity contribution in [3.63, 3.8) is 0 Å². The zero-order valence-corrected chi connectivity index (χ0v) is 12.0. The molecule has 1 aliphatic rings. The van der Waals surface area contributed by atoms with E-state index < -0.39 is 0 Å². The van der Waals surface area contributed by atoms with Crippen molar-refractivity contribution in [2.75, 3.05) is 33.4 Å². The third kappa shape index (κ3) is 3.41. The third-order valence-electron chi connectivity index (χ3n) is 3.69. The van der Waals surface area contributed by atoms with Crippen LogP contribution in [0.25, 0.3) is 0 Å². The lowest BCUT2D eigenvalue weighted by Gasteiger charge is -2.50. The molecule has 0 amide bonds. The van der Waals surface area contributed by atoms with Gasteiger partial charge in [-0.3, -0.25) is 4.90 Å². The summed E-state index contributed by atoms with van der Waals surface area (Å²) in [5.41, 5.74) is 5.85. The topological polar surface area (TPSA) is 47.7 Å². The zero-order chi connectivity index (χ0) is 13.1. The van der Waals surface area contributed by atoms with Crippen molar-refractivity contribution in [2.45, 2.75) is 51.4 Å². The fourth-order valence-corrected chi connectivity index (χ4v) is 2.83. The first-order valence-electron chi connectivity index (χ1n) is 6.51. The SMILES string of the molecule is CCC(CN)(COC)N1CC(C)OC(C)(C)C1. The molecule has 17 heavy (non-hydrogen) atoms. The Labute approximate surface area is 105 Å². The Morgan fingerprint density at radius 2 is 2.18 bits per heavy atom. The molecule has 1 heterocycles. The van der Waals surface area contributed by atoms with Crippen molar-refractivity contribution in [1.82, 2.24) is 4.90 Å². The molecule has 0 aromatic rings. The molecule has 0 bridgehead atoms. The molecular weight excluding hydrogens is 216 g/mol. The van der Waals surface area contributed by atoms with E-state index in [1.807, 2.05) is 0 Å². The van der Waals surface area contributed by atoms with Gasteiger partial charge < -0.3 is 15.2 Å². The fraction of sp³-hybridized carbons (Fsp3) is 1.00. The molecule has 1 fully saturated rings. The summed E-state index contributed by atoms with van der Waals surface area (Å²) >= 11 is 0. The molecule has 4 nitrogen and oxygen atoms in total. The number of rotatable bonds is 5. The maximum Gasteiger partial charge on any atom is 0.0757 e. The molecule has 0 aliphatic carbocycles.